The van der Waals surface area contributed by atoms with Crippen LogP contribution in [0.15, 0.2) is 59.6 Å². The second kappa shape index (κ2) is 8.77. The van der Waals surface area contributed by atoms with Crippen molar-refractivity contribution >= 4 is 23.4 Å². The number of anilines is 1. The van der Waals surface area contributed by atoms with E-state index in [1.54, 1.807) is 19.1 Å². The number of nitrogens with zero attached hydrogens (tertiary/aromatic N) is 2. The van der Waals surface area contributed by atoms with Crippen LogP contribution in [-0.4, -0.2) is 21.9 Å². The van der Waals surface area contributed by atoms with Crippen molar-refractivity contribution in [3.63, 3.8) is 0 Å². The van der Waals surface area contributed by atoms with Crippen molar-refractivity contribution < 1.29 is 9.18 Å². The third kappa shape index (κ3) is 5.14. The van der Waals surface area contributed by atoms with Crippen molar-refractivity contribution in [1.82, 2.24) is 10.2 Å². The Morgan fingerprint density at radius 1 is 1.07 bits per heavy atom. The molecular weight excluding hydrogens is 361 g/mol. The van der Waals surface area contributed by atoms with Gasteiger partial charge in [-0.25, -0.2) is 4.39 Å². The first kappa shape index (κ1) is 19.0. The average Bonchev–Trinajstić information content (AvgIpc) is 2.70. The summed E-state index contributed by atoms with van der Waals surface area (Å²) in [6.07, 6.45) is 0.999. The zero-order valence-electron chi connectivity index (χ0n) is 15.2. The SMILES string of the molecule is CCc1ccc(-c2ccc(SCC(=O)Nc3ccc(C)c(F)c3)nn2)cc1. The van der Waals surface area contributed by atoms with Crippen LogP contribution >= 0.6 is 11.8 Å². The molecule has 0 fully saturated rings. The highest BCUT2D eigenvalue weighted by Crippen LogP contribution is 2.21. The van der Waals surface area contributed by atoms with Crippen LogP contribution in [0.1, 0.15) is 18.1 Å². The van der Waals surface area contributed by atoms with E-state index >= 15 is 0 Å². The first-order valence-electron chi connectivity index (χ1n) is 8.67. The van der Waals surface area contributed by atoms with E-state index in [9.17, 15) is 9.18 Å². The number of thioether (sulfide) groups is 1. The fraction of sp³-hybridized carbons (Fsp3) is 0.190. The Labute approximate surface area is 162 Å². The summed E-state index contributed by atoms with van der Waals surface area (Å²) in [4.78, 5) is 12.0. The number of carbonyl (C=O) groups is 1. The molecule has 6 heteroatoms. The standard InChI is InChI=1S/C21H20FN3OS/c1-3-15-5-7-16(8-6-15)19-10-11-21(25-24-19)27-13-20(26)23-17-9-4-14(2)18(22)12-17/h4-12H,3,13H2,1-2H3,(H,23,26). The maximum Gasteiger partial charge on any atom is 0.234 e. The predicted molar refractivity (Wildman–Crippen MR) is 107 cm³/mol. The van der Waals surface area contributed by atoms with E-state index in [2.05, 4.69) is 34.6 Å². The quantitative estimate of drug-likeness (QED) is 0.618. The average molecular weight is 381 g/mol. The minimum Gasteiger partial charge on any atom is -0.325 e. The van der Waals surface area contributed by atoms with E-state index in [0.717, 1.165) is 17.7 Å². The third-order valence-corrected chi connectivity index (χ3v) is 5.02. The fourth-order valence-electron chi connectivity index (χ4n) is 2.47. The Balaban J connectivity index is 1.56. The van der Waals surface area contributed by atoms with Crippen LogP contribution in [0.5, 0.6) is 0 Å². The first-order chi connectivity index (χ1) is 13.0. The predicted octanol–water partition coefficient (Wildman–Crippen LogP) is 4.88. The Kier molecular flexibility index (Phi) is 6.19. The number of rotatable bonds is 6. The summed E-state index contributed by atoms with van der Waals surface area (Å²) >= 11 is 1.29. The van der Waals surface area contributed by atoms with Crippen LogP contribution in [-0.2, 0) is 11.2 Å². The molecule has 0 unspecified atom stereocenters. The second-order valence-corrected chi connectivity index (χ2v) is 7.10. The van der Waals surface area contributed by atoms with Crippen molar-refractivity contribution in [2.45, 2.75) is 25.3 Å². The molecule has 0 radical (unpaired) electrons. The van der Waals surface area contributed by atoms with Crippen LogP contribution in [0.25, 0.3) is 11.3 Å². The number of amides is 1. The highest BCUT2D eigenvalue weighted by Gasteiger charge is 2.07. The number of halogens is 1. The van der Waals surface area contributed by atoms with Crippen LogP contribution in [0, 0.1) is 12.7 Å². The Bertz CT molecular complexity index is 927. The molecule has 0 aliphatic carbocycles. The minimum atomic E-state index is -0.339. The monoisotopic (exact) mass is 381 g/mol. The highest BCUT2D eigenvalue weighted by molar-refractivity contribution is 7.99. The summed E-state index contributed by atoms with van der Waals surface area (Å²) in [7, 11) is 0. The summed E-state index contributed by atoms with van der Waals surface area (Å²) in [6, 6.07) is 16.6. The molecule has 3 rings (SSSR count). The maximum absolute atomic E-state index is 13.5. The lowest BCUT2D eigenvalue weighted by molar-refractivity contribution is -0.113. The molecule has 0 saturated carbocycles. The molecule has 0 bridgehead atoms. The molecule has 1 heterocycles. The lowest BCUT2D eigenvalue weighted by Crippen LogP contribution is -2.14. The van der Waals surface area contributed by atoms with Gasteiger partial charge in [0, 0.05) is 11.3 Å². The van der Waals surface area contributed by atoms with Gasteiger partial charge >= 0.3 is 0 Å². The van der Waals surface area contributed by atoms with Crippen molar-refractivity contribution in [2.24, 2.45) is 0 Å². The molecule has 0 spiro atoms. The largest absolute Gasteiger partial charge is 0.325 e. The summed E-state index contributed by atoms with van der Waals surface area (Å²) in [6.45, 7) is 3.80. The normalized spacial score (nSPS) is 10.6. The van der Waals surface area contributed by atoms with Crippen molar-refractivity contribution in [2.75, 3.05) is 11.1 Å². The molecule has 0 aliphatic heterocycles. The lowest BCUT2D eigenvalue weighted by Gasteiger charge is -2.06. The second-order valence-electron chi connectivity index (χ2n) is 6.11. The van der Waals surface area contributed by atoms with Gasteiger partial charge in [0.2, 0.25) is 5.91 Å². The van der Waals surface area contributed by atoms with Gasteiger partial charge in [0.15, 0.2) is 0 Å². The highest BCUT2D eigenvalue weighted by atomic mass is 32.2. The van der Waals surface area contributed by atoms with Crippen molar-refractivity contribution in [3.05, 3.63) is 71.5 Å². The summed E-state index contributed by atoms with van der Waals surface area (Å²) < 4.78 is 13.5. The zero-order valence-corrected chi connectivity index (χ0v) is 16.0. The van der Waals surface area contributed by atoms with E-state index in [1.165, 1.54) is 23.4 Å². The van der Waals surface area contributed by atoms with Gasteiger partial charge in [-0.05, 0) is 48.7 Å². The summed E-state index contributed by atoms with van der Waals surface area (Å²) in [5.74, 6) is -0.382. The van der Waals surface area contributed by atoms with Gasteiger partial charge in [0.1, 0.15) is 10.8 Å². The molecule has 27 heavy (non-hydrogen) atoms. The number of carbonyl (C=O) groups excluding carboxylic acids is 1. The fourth-order valence-corrected chi connectivity index (χ4v) is 3.08. The number of nitrogens with one attached hydrogen (secondary N) is 1. The Morgan fingerprint density at radius 3 is 2.48 bits per heavy atom. The number of benzene rings is 2. The smallest absolute Gasteiger partial charge is 0.234 e. The maximum atomic E-state index is 13.5. The van der Waals surface area contributed by atoms with Gasteiger partial charge in [-0.1, -0.05) is 49.0 Å². The van der Waals surface area contributed by atoms with E-state index in [1.807, 2.05) is 24.3 Å². The molecule has 0 aliphatic rings. The molecule has 1 N–H and O–H groups in total. The number of aromatic nitrogens is 2. The third-order valence-electron chi connectivity index (χ3n) is 4.10. The molecular formula is C21H20FN3OS. The van der Waals surface area contributed by atoms with Gasteiger partial charge in [-0.2, -0.15) is 0 Å². The topological polar surface area (TPSA) is 54.9 Å². The number of hydrogen-bond donors (Lipinski definition) is 1. The lowest BCUT2D eigenvalue weighted by atomic mass is 10.1. The van der Waals surface area contributed by atoms with Crippen molar-refractivity contribution in [3.8, 4) is 11.3 Å². The van der Waals surface area contributed by atoms with Gasteiger partial charge in [0.05, 0.1) is 11.4 Å². The van der Waals surface area contributed by atoms with E-state index in [-0.39, 0.29) is 17.5 Å². The van der Waals surface area contributed by atoms with Crippen molar-refractivity contribution in [1.29, 1.82) is 0 Å². The van der Waals surface area contributed by atoms with Gasteiger partial charge in [0.25, 0.3) is 0 Å². The Morgan fingerprint density at radius 2 is 1.85 bits per heavy atom. The van der Waals surface area contributed by atoms with Crippen LogP contribution in [0.3, 0.4) is 0 Å². The summed E-state index contributed by atoms with van der Waals surface area (Å²) in [5.41, 5.74) is 4.07. The molecule has 1 aromatic heterocycles. The van der Waals surface area contributed by atoms with Crippen LogP contribution in [0.4, 0.5) is 10.1 Å². The number of hydrogen-bond acceptors (Lipinski definition) is 4. The van der Waals surface area contributed by atoms with Gasteiger partial charge < -0.3 is 5.32 Å². The summed E-state index contributed by atoms with van der Waals surface area (Å²) in [5, 5.41) is 11.8. The van der Waals surface area contributed by atoms with Gasteiger partial charge in [-0.15, -0.1) is 10.2 Å². The minimum absolute atomic E-state index is 0.175. The van der Waals surface area contributed by atoms with E-state index in [0.29, 0.717) is 16.3 Å². The molecule has 4 nitrogen and oxygen atoms in total. The molecule has 2 aromatic carbocycles. The Hall–Kier alpha value is -2.73. The molecule has 138 valence electrons. The molecule has 0 saturated heterocycles. The molecule has 1 amide bonds. The molecule has 3 aromatic rings. The zero-order chi connectivity index (χ0) is 19.2. The van der Waals surface area contributed by atoms with Crippen LogP contribution in [0.2, 0.25) is 0 Å². The first-order valence-corrected chi connectivity index (χ1v) is 9.65. The van der Waals surface area contributed by atoms with E-state index in [4.69, 9.17) is 0 Å². The molecule has 0 atom stereocenters. The van der Waals surface area contributed by atoms with Crippen LogP contribution < -0.4 is 5.32 Å². The van der Waals surface area contributed by atoms with E-state index < -0.39 is 0 Å². The number of aryl methyl sites for hydroxylation is 2. The van der Waals surface area contributed by atoms with Gasteiger partial charge in [-0.3, -0.25) is 4.79 Å².